The molecule has 4 fully saturated rings. The Morgan fingerprint density at radius 2 is 1.88 bits per heavy atom. The largest absolute Gasteiger partial charge is 0.368 e. The van der Waals surface area contributed by atoms with E-state index in [9.17, 15) is 18.5 Å². The fourth-order valence-corrected chi connectivity index (χ4v) is 6.87. The molecule has 1 amide bonds. The first-order chi connectivity index (χ1) is 15.5. The molecule has 1 saturated carbocycles. The predicted molar refractivity (Wildman–Crippen MR) is 118 cm³/mol. The van der Waals surface area contributed by atoms with Gasteiger partial charge in [0.05, 0.1) is 23.3 Å². The Bertz CT molecular complexity index is 997. The SMILES string of the molecule is N#CC[C@@H](C1CC1)N1NC(Nc2ccc(S(=O)(=O)N3CCCC3)cc2)C2C(=O)NCCC21. The minimum Gasteiger partial charge on any atom is -0.368 e. The summed E-state index contributed by atoms with van der Waals surface area (Å²) in [6.45, 7) is 1.79. The predicted octanol–water partition coefficient (Wildman–Crippen LogP) is 1.23. The third-order valence-electron chi connectivity index (χ3n) is 7.16. The highest BCUT2D eigenvalue weighted by molar-refractivity contribution is 7.89. The van der Waals surface area contributed by atoms with E-state index in [-0.39, 0.29) is 30.1 Å². The van der Waals surface area contributed by atoms with Crippen LogP contribution in [0, 0.1) is 23.2 Å². The summed E-state index contributed by atoms with van der Waals surface area (Å²) in [5.41, 5.74) is 4.25. The van der Waals surface area contributed by atoms with E-state index in [2.05, 4.69) is 27.1 Å². The molecule has 4 atom stereocenters. The monoisotopic (exact) mass is 458 g/mol. The number of nitrogens with one attached hydrogen (secondary N) is 3. The van der Waals surface area contributed by atoms with Gasteiger partial charge in [0.15, 0.2) is 0 Å². The summed E-state index contributed by atoms with van der Waals surface area (Å²) in [5, 5.41) is 17.9. The van der Waals surface area contributed by atoms with Crippen molar-refractivity contribution in [3.05, 3.63) is 24.3 Å². The summed E-state index contributed by atoms with van der Waals surface area (Å²) in [7, 11) is -3.45. The first-order valence-corrected chi connectivity index (χ1v) is 13.0. The number of carbonyl (C=O) groups excluding carboxylic acids is 1. The van der Waals surface area contributed by atoms with Gasteiger partial charge in [-0.1, -0.05) is 0 Å². The van der Waals surface area contributed by atoms with E-state index < -0.39 is 10.0 Å². The van der Waals surface area contributed by atoms with Gasteiger partial charge in [0.2, 0.25) is 15.9 Å². The highest BCUT2D eigenvalue weighted by Crippen LogP contribution is 2.41. The molecule has 1 aromatic carbocycles. The number of hydrazine groups is 1. The minimum atomic E-state index is -3.45. The molecule has 1 aromatic rings. The van der Waals surface area contributed by atoms with Crippen LogP contribution in [0.2, 0.25) is 0 Å². The number of rotatable bonds is 7. The summed E-state index contributed by atoms with van der Waals surface area (Å²) in [6.07, 6.45) is 5.02. The van der Waals surface area contributed by atoms with Crippen molar-refractivity contribution in [1.82, 2.24) is 20.1 Å². The van der Waals surface area contributed by atoms with E-state index in [1.165, 1.54) is 4.31 Å². The number of sulfonamides is 1. The van der Waals surface area contributed by atoms with Crippen molar-refractivity contribution in [1.29, 1.82) is 5.26 Å². The number of carbonyl (C=O) groups is 1. The molecule has 172 valence electrons. The van der Waals surface area contributed by atoms with E-state index >= 15 is 0 Å². The van der Waals surface area contributed by atoms with Gasteiger partial charge in [0, 0.05) is 37.4 Å². The first-order valence-electron chi connectivity index (χ1n) is 11.5. The lowest BCUT2D eigenvalue weighted by Crippen LogP contribution is -2.52. The van der Waals surface area contributed by atoms with Crippen LogP contribution in [0.3, 0.4) is 0 Å². The molecular formula is C22H30N6O3S. The van der Waals surface area contributed by atoms with E-state index in [4.69, 9.17) is 0 Å². The van der Waals surface area contributed by atoms with Crippen LogP contribution in [0.4, 0.5) is 5.69 Å². The van der Waals surface area contributed by atoms with Crippen LogP contribution >= 0.6 is 0 Å². The van der Waals surface area contributed by atoms with Crippen LogP contribution in [0.5, 0.6) is 0 Å². The maximum absolute atomic E-state index is 12.8. The zero-order chi connectivity index (χ0) is 22.3. The summed E-state index contributed by atoms with van der Waals surface area (Å²) in [5.74, 6) is 0.229. The van der Waals surface area contributed by atoms with Gasteiger partial charge in [-0.3, -0.25) is 4.79 Å². The van der Waals surface area contributed by atoms with Crippen molar-refractivity contribution in [2.75, 3.05) is 25.0 Å². The number of anilines is 1. The Morgan fingerprint density at radius 1 is 1.16 bits per heavy atom. The summed E-state index contributed by atoms with van der Waals surface area (Å²) in [4.78, 5) is 13.0. The zero-order valence-corrected chi connectivity index (χ0v) is 18.9. The second kappa shape index (κ2) is 8.63. The van der Waals surface area contributed by atoms with Gasteiger partial charge in [-0.15, -0.1) is 0 Å². The molecule has 1 aliphatic carbocycles. The third-order valence-corrected chi connectivity index (χ3v) is 9.08. The number of benzene rings is 1. The number of hydrogen-bond acceptors (Lipinski definition) is 7. The van der Waals surface area contributed by atoms with Crippen molar-refractivity contribution in [2.45, 2.75) is 61.7 Å². The average Bonchev–Trinajstić information content (AvgIpc) is 3.32. The number of amides is 1. The van der Waals surface area contributed by atoms with Crippen LogP contribution < -0.4 is 16.1 Å². The minimum absolute atomic E-state index is 0.00786. The number of nitriles is 1. The van der Waals surface area contributed by atoms with Gasteiger partial charge in [-0.05, 0) is 62.3 Å². The second-order valence-electron chi connectivity index (χ2n) is 9.23. The second-order valence-corrected chi connectivity index (χ2v) is 11.2. The lowest BCUT2D eigenvalue weighted by molar-refractivity contribution is -0.128. The van der Waals surface area contributed by atoms with Crippen LogP contribution in [0.15, 0.2) is 29.2 Å². The van der Waals surface area contributed by atoms with E-state index in [0.717, 1.165) is 37.8 Å². The maximum Gasteiger partial charge on any atom is 0.243 e. The number of nitrogens with zero attached hydrogens (tertiary/aromatic N) is 3. The quantitative estimate of drug-likeness (QED) is 0.562. The van der Waals surface area contributed by atoms with Crippen molar-refractivity contribution >= 4 is 21.6 Å². The van der Waals surface area contributed by atoms with Gasteiger partial charge in [0.25, 0.3) is 0 Å². The van der Waals surface area contributed by atoms with Crippen molar-refractivity contribution in [2.24, 2.45) is 11.8 Å². The van der Waals surface area contributed by atoms with Crippen LogP contribution in [0.25, 0.3) is 0 Å². The van der Waals surface area contributed by atoms with Gasteiger partial charge in [-0.25, -0.2) is 18.9 Å². The molecule has 32 heavy (non-hydrogen) atoms. The Balaban J connectivity index is 1.34. The van der Waals surface area contributed by atoms with E-state index in [1.807, 2.05) is 0 Å². The zero-order valence-electron chi connectivity index (χ0n) is 18.0. The van der Waals surface area contributed by atoms with E-state index in [0.29, 0.717) is 36.9 Å². The van der Waals surface area contributed by atoms with Gasteiger partial charge in [-0.2, -0.15) is 9.57 Å². The van der Waals surface area contributed by atoms with Crippen molar-refractivity contribution < 1.29 is 13.2 Å². The Kier molecular flexibility index (Phi) is 5.84. The molecule has 0 bridgehead atoms. The summed E-state index contributed by atoms with van der Waals surface area (Å²) < 4.78 is 27.1. The fourth-order valence-electron chi connectivity index (χ4n) is 5.35. The molecular weight excluding hydrogens is 428 g/mol. The van der Waals surface area contributed by atoms with Gasteiger partial charge < -0.3 is 10.6 Å². The first kappa shape index (κ1) is 21.6. The normalized spacial score (nSPS) is 29.8. The number of fused-ring (bicyclic) bond motifs is 1. The molecule has 10 heteroatoms. The lowest BCUT2D eigenvalue weighted by Gasteiger charge is -2.34. The van der Waals surface area contributed by atoms with E-state index in [1.54, 1.807) is 24.3 Å². The standard InChI is InChI=1S/C22H30N6O3S/c23-11-9-18(15-3-4-15)28-19-10-12-24-22(29)20(19)21(26-28)25-16-5-7-17(8-6-16)32(30,31)27-13-1-2-14-27/h5-8,15,18-21,25-26H,1-4,9-10,12-14H2,(H,24,29)/t18-,19?,20?,21?/m0/s1. The van der Waals surface area contributed by atoms with Crippen LogP contribution in [-0.2, 0) is 14.8 Å². The smallest absolute Gasteiger partial charge is 0.243 e. The Hall–Kier alpha value is -2.19. The Morgan fingerprint density at radius 3 is 2.53 bits per heavy atom. The lowest BCUT2D eigenvalue weighted by atomic mass is 9.90. The fraction of sp³-hybridized carbons (Fsp3) is 0.636. The number of hydrogen-bond donors (Lipinski definition) is 3. The molecule has 0 aromatic heterocycles. The molecule has 9 nitrogen and oxygen atoms in total. The van der Waals surface area contributed by atoms with Crippen molar-refractivity contribution in [3.63, 3.8) is 0 Å². The number of piperidine rings is 1. The highest BCUT2D eigenvalue weighted by atomic mass is 32.2. The average molecular weight is 459 g/mol. The molecule has 3 saturated heterocycles. The molecule has 0 spiro atoms. The topological polar surface area (TPSA) is 118 Å². The Labute approximate surface area is 189 Å². The molecule has 0 radical (unpaired) electrons. The molecule has 3 N–H and O–H groups in total. The molecule has 3 aliphatic heterocycles. The summed E-state index contributed by atoms with van der Waals surface area (Å²) >= 11 is 0. The molecule has 3 unspecified atom stereocenters. The highest BCUT2D eigenvalue weighted by Gasteiger charge is 2.51. The molecule has 3 heterocycles. The molecule has 4 aliphatic rings. The molecule has 5 rings (SSSR count). The summed E-state index contributed by atoms with van der Waals surface area (Å²) in [6, 6.07) is 9.24. The van der Waals surface area contributed by atoms with Crippen LogP contribution in [0.1, 0.15) is 38.5 Å². The maximum atomic E-state index is 12.8. The third kappa shape index (κ3) is 3.99. The van der Waals surface area contributed by atoms with Crippen LogP contribution in [-0.4, -0.2) is 61.5 Å². The van der Waals surface area contributed by atoms with Gasteiger partial charge >= 0.3 is 0 Å². The van der Waals surface area contributed by atoms with Crippen molar-refractivity contribution in [3.8, 4) is 6.07 Å². The van der Waals surface area contributed by atoms with Gasteiger partial charge in [0.1, 0.15) is 6.17 Å².